The molecule has 0 atom stereocenters. The second kappa shape index (κ2) is 6.46. The molecular weight excluding hydrogens is 334 g/mol. The van der Waals surface area contributed by atoms with Crippen LogP contribution in [0.3, 0.4) is 0 Å². The van der Waals surface area contributed by atoms with Crippen LogP contribution < -0.4 is 10.7 Å². The van der Waals surface area contributed by atoms with Gasteiger partial charge in [-0.3, -0.25) is 4.79 Å². The average molecular weight is 348 g/mol. The first-order chi connectivity index (χ1) is 12.2. The Morgan fingerprint density at radius 2 is 1.52 bits per heavy atom. The molecule has 4 rings (SSSR count). The molecular formula is C21H14ClNO2. The minimum Gasteiger partial charge on any atom is -0.456 e. The molecule has 0 aliphatic carbocycles. The van der Waals surface area contributed by atoms with Gasteiger partial charge in [0.1, 0.15) is 11.3 Å². The summed E-state index contributed by atoms with van der Waals surface area (Å²) in [7, 11) is 0. The van der Waals surface area contributed by atoms with Crippen molar-refractivity contribution in [2.75, 3.05) is 5.32 Å². The lowest BCUT2D eigenvalue weighted by molar-refractivity contribution is 0.619. The molecule has 25 heavy (non-hydrogen) atoms. The summed E-state index contributed by atoms with van der Waals surface area (Å²) in [4.78, 5) is 12.4. The summed E-state index contributed by atoms with van der Waals surface area (Å²) >= 11 is 5.91. The van der Waals surface area contributed by atoms with E-state index >= 15 is 0 Å². The van der Waals surface area contributed by atoms with Crippen molar-refractivity contribution in [3.8, 4) is 11.3 Å². The lowest BCUT2D eigenvalue weighted by atomic mass is 10.1. The summed E-state index contributed by atoms with van der Waals surface area (Å²) < 4.78 is 5.97. The maximum atomic E-state index is 12.4. The minimum absolute atomic E-state index is 0.0573. The van der Waals surface area contributed by atoms with Gasteiger partial charge in [-0.05, 0) is 36.4 Å². The van der Waals surface area contributed by atoms with Gasteiger partial charge >= 0.3 is 0 Å². The summed E-state index contributed by atoms with van der Waals surface area (Å²) in [6.07, 6.45) is 0. The number of nitrogens with one attached hydrogen (secondary N) is 1. The van der Waals surface area contributed by atoms with E-state index in [1.165, 1.54) is 6.07 Å². The van der Waals surface area contributed by atoms with Gasteiger partial charge in [0.05, 0.1) is 5.39 Å². The monoisotopic (exact) mass is 347 g/mol. The van der Waals surface area contributed by atoms with Crippen molar-refractivity contribution in [2.24, 2.45) is 0 Å². The highest BCUT2D eigenvalue weighted by Crippen LogP contribution is 2.25. The molecule has 0 saturated heterocycles. The molecule has 3 nitrogen and oxygen atoms in total. The van der Waals surface area contributed by atoms with Crippen molar-refractivity contribution >= 4 is 33.9 Å². The molecule has 0 aliphatic heterocycles. The summed E-state index contributed by atoms with van der Waals surface area (Å²) in [6, 6.07) is 24.0. The number of fused-ring (bicyclic) bond motifs is 1. The van der Waals surface area contributed by atoms with Gasteiger partial charge in [0, 0.05) is 34.1 Å². The first-order valence-corrected chi connectivity index (χ1v) is 8.23. The van der Waals surface area contributed by atoms with Gasteiger partial charge < -0.3 is 9.73 Å². The van der Waals surface area contributed by atoms with Gasteiger partial charge in [0.2, 0.25) is 0 Å². The first-order valence-electron chi connectivity index (χ1n) is 7.85. The molecule has 1 heterocycles. The van der Waals surface area contributed by atoms with Crippen molar-refractivity contribution in [1.82, 2.24) is 0 Å². The van der Waals surface area contributed by atoms with Gasteiger partial charge in [-0.1, -0.05) is 41.9 Å². The Labute approximate surface area is 149 Å². The predicted octanol–water partition coefficient (Wildman–Crippen LogP) is 5.86. The van der Waals surface area contributed by atoms with Crippen molar-refractivity contribution in [2.45, 2.75) is 0 Å². The fourth-order valence-electron chi connectivity index (χ4n) is 2.68. The molecule has 4 aromatic rings. The van der Waals surface area contributed by atoms with Gasteiger partial charge in [-0.15, -0.1) is 0 Å². The Balaban J connectivity index is 1.76. The first kappa shape index (κ1) is 15.5. The standard InChI is InChI=1S/C21H14ClNO2/c22-15-6-8-16(9-7-15)23-17-10-11-18-19(24)13-20(25-21(18)12-17)14-4-2-1-3-5-14/h1-13,23H. The van der Waals surface area contributed by atoms with Crippen LogP contribution in [-0.2, 0) is 0 Å². The van der Waals surface area contributed by atoms with Crippen LogP contribution in [0.5, 0.6) is 0 Å². The molecule has 4 heteroatoms. The summed E-state index contributed by atoms with van der Waals surface area (Å²) in [6.45, 7) is 0. The van der Waals surface area contributed by atoms with Crippen LogP contribution in [0.15, 0.2) is 88.1 Å². The van der Waals surface area contributed by atoms with E-state index < -0.39 is 0 Å². The molecule has 3 aromatic carbocycles. The van der Waals surface area contributed by atoms with E-state index in [-0.39, 0.29) is 5.43 Å². The highest BCUT2D eigenvalue weighted by atomic mass is 35.5. The lowest BCUT2D eigenvalue weighted by Crippen LogP contribution is -2.01. The SMILES string of the molecule is O=c1cc(-c2ccccc2)oc2cc(Nc3ccc(Cl)cc3)ccc12. The maximum absolute atomic E-state index is 12.4. The Morgan fingerprint density at radius 3 is 2.28 bits per heavy atom. The third-order valence-electron chi connectivity index (χ3n) is 3.92. The van der Waals surface area contributed by atoms with Crippen LogP contribution in [0, 0.1) is 0 Å². The van der Waals surface area contributed by atoms with Crippen molar-refractivity contribution in [1.29, 1.82) is 0 Å². The third kappa shape index (κ3) is 3.28. The molecule has 0 aliphatic rings. The van der Waals surface area contributed by atoms with Crippen molar-refractivity contribution in [3.05, 3.63) is 94.1 Å². The highest BCUT2D eigenvalue weighted by Gasteiger charge is 2.08. The Hall–Kier alpha value is -3.04. The molecule has 0 fully saturated rings. The lowest BCUT2D eigenvalue weighted by Gasteiger charge is -2.08. The van der Waals surface area contributed by atoms with Crippen LogP contribution >= 0.6 is 11.6 Å². The van der Waals surface area contributed by atoms with E-state index in [2.05, 4.69) is 5.32 Å². The Kier molecular flexibility index (Phi) is 4.00. The third-order valence-corrected chi connectivity index (χ3v) is 4.17. The Morgan fingerprint density at radius 1 is 0.800 bits per heavy atom. The molecule has 122 valence electrons. The van der Waals surface area contributed by atoms with Crippen LogP contribution in [0.25, 0.3) is 22.3 Å². The molecule has 0 amide bonds. The summed E-state index contributed by atoms with van der Waals surface area (Å²) in [5.41, 5.74) is 3.11. The van der Waals surface area contributed by atoms with E-state index in [0.29, 0.717) is 21.8 Å². The Bertz CT molecular complexity index is 1090. The number of rotatable bonds is 3. The van der Waals surface area contributed by atoms with Gasteiger partial charge in [0.15, 0.2) is 5.43 Å². The van der Waals surface area contributed by atoms with Gasteiger partial charge in [0.25, 0.3) is 0 Å². The van der Waals surface area contributed by atoms with Crippen LogP contribution in [0.1, 0.15) is 0 Å². The fourth-order valence-corrected chi connectivity index (χ4v) is 2.80. The molecule has 0 bridgehead atoms. The van der Waals surface area contributed by atoms with Crippen LogP contribution in [0.2, 0.25) is 5.02 Å². The van der Waals surface area contributed by atoms with Gasteiger partial charge in [-0.2, -0.15) is 0 Å². The van der Waals surface area contributed by atoms with Crippen molar-refractivity contribution in [3.63, 3.8) is 0 Å². The zero-order valence-electron chi connectivity index (χ0n) is 13.2. The quantitative estimate of drug-likeness (QED) is 0.505. The summed E-state index contributed by atoms with van der Waals surface area (Å²) in [5.74, 6) is 0.557. The van der Waals surface area contributed by atoms with E-state index in [4.69, 9.17) is 16.0 Å². The van der Waals surface area contributed by atoms with Crippen LogP contribution in [-0.4, -0.2) is 0 Å². The molecule has 1 aromatic heterocycles. The van der Waals surface area contributed by atoms with E-state index in [9.17, 15) is 4.79 Å². The smallest absolute Gasteiger partial charge is 0.193 e. The van der Waals surface area contributed by atoms with E-state index in [1.807, 2.05) is 66.7 Å². The van der Waals surface area contributed by atoms with Crippen molar-refractivity contribution < 1.29 is 4.42 Å². The molecule has 0 saturated carbocycles. The summed E-state index contributed by atoms with van der Waals surface area (Å²) in [5, 5.41) is 4.52. The molecule has 1 N–H and O–H groups in total. The number of hydrogen-bond donors (Lipinski definition) is 1. The zero-order chi connectivity index (χ0) is 17.2. The number of halogens is 1. The molecule has 0 spiro atoms. The van der Waals surface area contributed by atoms with Gasteiger partial charge in [-0.25, -0.2) is 0 Å². The predicted molar refractivity (Wildman–Crippen MR) is 103 cm³/mol. The van der Waals surface area contributed by atoms with Crippen LogP contribution in [0.4, 0.5) is 11.4 Å². The highest BCUT2D eigenvalue weighted by molar-refractivity contribution is 6.30. The molecule has 0 radical (unpaired) electrons. The molecule has 0 unspecified atom stereocenters. The number of benzene rings is 3. The average Bonchev–Trinajstić information content (AvgIpc) is 2.64. The van der Waals surface area contributed by atoms with E-state index in [0.717, 1.165) is 16.9 Å². The number of hydrogen-bond acceptors (Lipinski definition) is 3. The zero-order valence-corrected chi connectivity index (χ0v) is 14.0. The normalized spacial score (nSPS) is 10.8. The fraction of sp³-hybridized carbons (Fsp3) is 0. The number of anilines is 2. The topological polar surface area (TPSA) is 42.2 Å². The maximum Gasteiger partial charge on any atom is 0.193 e. The second-order valence-corrected chi connectivity index (χ2v) is 6.12. The van der Waals surface area contributed by atoms with E-state index in [1.54, 1.807) is 6.07 Å². The minimum atomic E-state index is -0.0573. The second-order valence-electron chi connectivity index (χ2n) is 5.68. The largest absolute Gasteiger partial charge is 0.456 e.